The molecule has 4 amide bonds. The number of ether oxygens (including phenoxy) is 2. The molecule has 3 aromatic carbocycles. The smallest absolute Gasteiger partial charge is 0.328 e. The number of likely N-dealkylation sites (tertiary alicyclic amines) is 1. The van der Waals surface area contributed by atoms with Gasteiger partial charge in [0.15, 0.2) is 5.82 Å². The van der Waals surface area contributed by atoms with Gasteiger partial charge in [0.05, 0.1) is 40.0 Å². The summed E-state index contributed by atoms with van der Waals surface area (Å²) < 4.78 is 66.7. The summed E-state index contributed by atoms with van der Waals surface area (Å²) in [6, 6.07) is 9.17. The van der Waals surface area contributed by atoms with Crippen LogP contribution in [-0.4, -0.2) is 149 Å². The lowest BCUT2D eigenvalue weighted by atomic mass is 9.65. The number of amides is 4. The Morgan fingerprint density at radius 3 is 2.44 bits per heavy atom. The summed E-state index contributed by atoms with van der Waals surface area (Å²) in [6.07, 6.45) is 16.8. The van der Waals surface area contributed by atoms with E-state index in [4.69, 9.17) is 25.0 Å². The van der Waals surface area contributed by atoms with Crippen molar-refractivity contribution in [2.45, 2.75) is 83.2 Å². The van der Waals surface area contributed by atoms with Crippen molar-refractivity contribution in [2.24, 2.45) is 16.7 Å². The number of urea groups is 1. The normalized spacial score (nSPS) is 23.1. The van der Waals surface area contributed by atoms with Crippen molar-refractivity contribution >= 4 is 51.0 Å². The summed E-state index contributed by atoms with van der Waals surface area (Å²) in [5, 5.41) is 25.0. The molecule has 75 heavy (non-hydrogen) atoms. The number of imide groups is 1. The van der Waals surface area contributed by atoms with Gasteiger partial charge < -0.3 is 39.3 Å². The minimum Gasteiger partial charge on any atom is -0.508 e. The third-order valence-corrected chi connectivity index (χ3v) is 17.0. The minimum absolute atomic E-state index is 0.00705. The lowest BCUT2D eigenvalue weighted by Crippen LogP contribution is -2.50. The molecule has 0 radical (unpaired) electrons. The molecule has 2 aliphatic carbocycles. The Hall–Kier alpha value is -6.68. The van der Waals surface area contributed by atoms with Gasteiger partial charge in [-0.1, -0.05) is 12.0 Å². The molecule has 2 saturated carbocycles. The number of terminal acetylenes is 1. The Morgan fingerprint density at radius 2 is 1.72 bits per heavy atom. The number of aromatic hydroxyl groups is 1. The fraction of sp³-hybridized carbons (Fsp3) is 0.509. The first-order valence-corrected chi connectivity index (χ1v) is 26.3. The molecule has 16 nitrogen and oxygen atoms in total. The highest BCUT2D eigenvalue weighted by Gasteiger charge is 2.46. The minimum atomic E-state index is -2.78. The predicted molar refractivity (Wildman–Crippen MR) is 280 cm³/mol. The van der Waals surface area contributed by atoms with E-state index in [1.54, 1.807) is 6.92 Å². The number of aliphatic hydroxyl groups is 1. The average molecular weight is 1030 g/mol. The van der Waals surface area contributed by atoms with Gasteiger partial charge in [0, 0.05) is 107 Å². The number of phenols is 1. The summed E-state index contributed by atoms with van der Waals surface area (Å²) in [5.74, 6) is 1.05. The molecule has 3 N–H and O–H groups in total. The molecule has 1 spiro atoms. The van der Waals surface area contributed by atoms with E-state index < -0.39 is 36.2 Å². The van der Waals surface area contributed by atoms with Crippen molar-refractivity contribution in [3.05, 3.63) is 71.4 Å². The number of piperazine rings is 1. The Balaban J connectivity index is 0.693. The van der Waals surface area contributed by atoms with E-state index in [9.17, 15) is 24.6 Å². The molecule has 4 saturated heterocycles. The second-order valence-corrected chi connectivity index (χ2v) is 22.3. The number of β-amino-alcohol motifs (C(OH)–C–C–N with tert-alkyl or cyclic N) is 1. The Labute approximate surface area is 439 Å². The second-order valence-electron chi connectivity index (χ2n) is 22.3. The lowest BCUT2D eigenvalue weighted by molar-refractivity contribution is -0.120. The van der Waals surface area contributed by atoms with Gasteiger partial charge in [-0.25, -0.2) is 13.6 Å². The van der Waals surface area contributed by atoms with Crippen molar-refractivity contribution in [2.75, 3.05) is 95.4 Å². The second kappa shape index (κ2) is 20.1. The van der Waals surface area contributed by atoms with E-state index in [0.717, 1.165) is 90.6 Å². The van der Waals surface area contributed by atoms with Gasteiger partial charge >= 0.3 is 12.0 Å². The van der Waals surface area contributed by atoms with E-state index >= 15 is 8.78 Å². The molecule has 6 fully saturated rings. The van der Waals surface area contributed by atoms with Crippen LogP contribution in [0.4, 0.5) is 25.1 Å². The molecule has 4 aliphatic heterocycles. The fourth-order valence-electron chi connectivity index (χ4n) is 12.5. The van der Waals surface area contributed by atoms with Crippen molar-refractivity contribution in [3.8, 4) is 41.1 Å². The van der Waals surface area contributed by atoms with Gasteiger partial charge in [-0.15, -0.1) is 6.42 Å². The van der Waals surface area contributed by atoms with Crippen molar-refractivity contribution < 1.29 is 47.0 Å². The monoisotopic (exact) mass is 1030 g/mol. The summed E-state index contributed by atoms with van der Waals surface area (Å²) in [4.78, 5) is 62.6. The quantitative estimate of drug-likeness (QED) is 0.105. The highest BCUT2D eigenvalue weighted by Crippen LogP contribution is 2.49. The zero-order valence-corrected chi connectivity index (χ0v) is 42.3. The molecule has 394 valence electrons. The standard InChI is InChI=1S/C57H65F2N9O7/c1-4-40-43(58)8-6-37-28-39(69)30-41(47(37)40)49-48(59)50-42(31-60-49)51(67-20-5-13-55(2,73)33-67)63-53(62-50)75-35-57(16-17-57)34-65-26-24-64(25-27-65)32-36-10-14-56(15-11-36)18-22-66(23-19-56)52(71)38-7-9-45(74-3)44(29-38)68-21-12-46(70)61-54(68)72/h1,6-9,28-31,36,69,73H,5,10-27,32-35H2,2-3H3,(H,61,70,72)/t55-/m1/s1/i3D3. The van der Waals surface area contributed by atoms with Crippen molar-refractivity contribution in [1.82, 2.24) is 35.0 Å². The summed E-state index contributed by atoms with van der Waals surface area (Å²) in [6.45, 7) is 9.90. The average Bonchev–Trinajstić information content (AvgIpc) is 4.30. The number of piperidine rings is 2. The third-order valence-electron chi connectivity index (χ3n) is 17.0. The molecule has 18 heteroatoms. The van der Waals surface area contributed by atoms with Gasteiger partial charge in [0.25, 0.3) is 5.91 Å². The first-order chi connectivity index (χ1) is 37.3. The number of anilines is 2. The van der Waals surface area contributed by atoms with Crippen LogP contribution in [0, 0.1) is 40.7 Å². The first kappa shape index (κ1) is 46.8. The number of carbonyl (C=O) groups is 3. The first-order valence-electron chi connectivity index (χ1n) is 27.8. The fourth-order valence-corrected chi connectivity index (χ4v) is 12.5. The van der Waals surface area contributed by atoms with E-state index in [-0.39, 0.29) is 87.2 Å². The van der Waals surface area contributed by atoms with E-state index in [1.165, 1.54) is 53.6 Å². The SMILES string of the molecule is [2H]C([2H])([2H])Oc1ccc(C(=O)N2CCC3(CCC(CN4CCN(CC5(COc6nc(N7CCC[C@@](C)(O)C7)c7cnc(-c8cc(O)cc9ccc(F)c(C#C)c89)c(F)c7n6)CC5)CC4)CC3)CC2)cc1N1CCC(=O)NC1=O. The zero-order chi connectivity index (χ0) is 54.7. The molecular weight excluding hydrogens is 961 g/mol. The third kappa shape index (κ3) is 10.3. The lowest BCUT2D eigenvalue weighted by Gasteiger charge is -2.47. The van der Waals surface area contributed by atoms with Crippen LogP contribution >= 0.6 is 0 Å². The van der Waals surface area contributed by atoms with Crippen LogP contribution in [0.3, 0.4) is 0 Å². The maximum atomic E-state index is 17.1. The number of hydrogen-bond donors (Lipinski definition) is 3. The van der Waals surface area contributed by atoms with Crippen LogP contribution < -0.4 is 24.6 Å². The van der Waals surface area contributed by atoms with Gasteiger partial charge in [0.1, 0.15) is 34.3 Å². The maximum absolute atomic E-state index is 17.1. The number of benzene rings is 3. The predicted octanol–water partition coefficient (Wildman–Crippen LogP) is 7.51. The van der Waals surface area contributed by atoms with E-state index in [2.05, 4.69) is 31.0 Å². The molecule has 6 heterocycles. The van der Waals surface area contributed by atoms with Crippen LogP contribution in [-0.2, 0) is 4.79 Å². The number of carbonyl (C=O) groups excluding carboxylic acids is 3. The molecule has 1 atom stereocenters. The zero-order valence-electron chi connectivity index (χ0n) is 45.3. The molecule has 6 aliphatic rings. The number of methoxy groups -OCH3 is 1. The number of pyridine rings is 1. The number of rotatable bonds is 12. The number of nitrogens with one attached hydrogen (secondary N) is 1. The highest BCUT2D eigenvalue weighted by molar-refractivity contribution is 6.07. The van der Waals surface area contributed by atoms with Gasteiger partial charge in [-0.3, -0.25) is 24.8 Å². The number of phenolic OH excluding ortho intramolecular Hbond substituents is 1. The molecule has 0 bridgehead atoms. The van der Waals surface area contributed by atoms with Crippen LogP contribution in [0.15, 0.2) is 48.7 Å². The number of aromatic nitrogens is 3. The van der Waals surface area contributed by atoms with E-state index in [0.29, 0.717) is 67.2 Å². The Kier molecular flexibility index (Phi) is 12.6. The topological polar surface area (TPSA) is 177 Å². The van der Waals surface area contributed by atoms with Gasteiger partial charge in [0.2, 0.25) is 5.91 Å². The molecule has 0 unspecified atom stereocenters. The Morgan fingerprint density at radius 1 is 0.947 bits per heavy atom. The van der Waals surface area contributed by atoms with Crippen molar-refractivity contribution in [1.29, 1.82) is 0 Å². The van der Waals surface area contributed by atoms with Gasteiger partial charge in [-0.2, -0.15) is 9.97 Å². The number of nitrogens with zero attached hydrogens (tertiary/aromatic N) is 8. The Bertz CT molecular complexity index is 3220. The summed E-state index contributed by atoms with van der Waals surface area (Å²) >= 11 is 0. The summed E-state index contributed by atoms with van der Waals surface area (Å²) in [7, 11) is -2.78. The van der Waals surface area contributed by atoms with Gasteiger partial charge in [-0.05, 0) is 124 Å². The van der Waals surface area contributed by atoms with E-state index in [1.807, 2.05) is 9.80 Å². The van der Waals surface area contributed by atoms with Crippen LogP contribution in [0.1, 0.15) is 97.6 Å². The summed E-state index contributed by atoms with van der Waals surface area (Å²) in [5.41, 5.74) is -0.652. The van der Waals surface area contributed by atoms with Crippen LogP contribution in [0.25, 0.3) is 32.9 Å². The van der Waals surface area contributed by atoms with Crippen LogP contribution in [0.5, 0.6) is 17.5 Å². The number of hydrogen-bond acceptors (Lipinski definition) is 13. The molecular formula is C57H65F2N9O7. The van der Waals surface area contributed by atoms with Crippen molar-refractivity contribution in [3.63, 3.8) is 0 Å². The van der Waals surface area contributed by atoms with Crippen LogP contribution in [0.2, 0.25) is 0 Å². The highest BCUT2D eigenvalue weighted by atomic mass is 19.1. The number of halogens is 2. The molecule has 11 rings (SSSR count). The maximum Gasteiger partial charge on any atom is 0.328 e. The largest absolute Gasteiger partial charge is 0.508 e. The molecule has 2 aromatic heterocycles. The molecule has 5 aromatic rings. The number of fused-ring (bicyclic) bond motifs is 2.